The van der Waals surface area contributed by atoms with Crippen LogP contribution in [-0.4, -0.2) is 53.0 Å². The summed E-state index contributed by atoms with van der Waals surface area (Å²) in [4.78, 5) is 10.5. The molecule has 0 amide bonds. The number of aliphatic hydroxyl groups excluding tert-OH is 2. The second-order valence-corrected chi connectivity index (χ2v) is 4.34. The van der Waals surface area contributed by atoms with Gasteiger partial charge in [-0.2, -0.15) is 0 Å². The van der Waals surface area contributed by atoms with Gasteiger partial charge in [0.15, 0.2) is 0 Å². The number of aliphatic hydroxyl groups is 2. The normalized spacial score (nSPS) is 13.2. The summed E-state index contributed by atoms with van der Waals surface area (Å²) in [5.74, 6) is 0. The Kier molecular flexibility index (Phi) is 11.5. The first-order valence-corrected chi connectivity index (χ1v) is 6.77. The van der Waals surface area contributed by atoms with E-state index >= 15 is 0 Å². The Balaban J connectivity index is 3.71. The van der Waals surface area contributed by atoms with Gasteiger partial charge in [0.1, 0.15) is 6.73 Å². The van der Waals surface area contributed by atoms with Gasteiger partial charge in [0.05, 0.1) is 0 Å². The van der Waals surface area contributed by atoms with Crippen molar-refractivity contribution in [1.29, 1.82) is 0 Å². The van der Waals surface area contributed by atoms with Crippen LogP contribution in [0.3, 0.4) is 0 Å². The molecule has 16 heavy (non-hydrogen) atoms. The van der Waals surface area contributed by atoms with Crippen molar-refractivity contribution in [2.24, 2.45) is 0 Å². The summed E-state index contributed by atoms with van der Waals surface area (Å²) in [6.07, 6.45) is 3.08. The fraction of sp³-hybridized carbons (Fsp3) is 1.00. The van der Waals surface area contributed by atoms with Crippen LogP contribution in [0.15, 0.2) is 0 Å². The average molecular weight is 255 g/mol. The Morgan fingerprint density at radius 1 is 1.00 bits per heavy atom. The SMILES string of the molecule is O=[PH](O)OCN(CCCCO)CCCCO. The first-order valence-electron chi connectivity index (χ1n) is 5.50. The smallest absolute Gasteiger partial charge is 0.317 e. The summed E-state index contributed by atoms with van der Waals surface area (Å²) >= 11 is 0. The summed E-state index contributed by atoms with van der Waals surface area (Å²) in [6.45, 7) is 1.89. The van der Waals surface area contributed by atoms with Gasteiger partial charge in [-0.15, -0.1) is 0 Å². The van der Waals surface area contributed by atoms with Gasteiger partial charge in [-0.1, -0.05) is 0 Å². The van der Waals surface area contributed by atoms with Crippen molar-refractivity contribution in [1.82, 2.24) is 4.90 Å². The van der Waals surface area contributed by atoms with Gasteiger partial charge in [0.2, 0.25) is 0 Å². The molecule has 1 unspecified atom stereocenters. The third-order valence-electron chi connectivity index (χ3n) is 2.14. The lowest BCUT2D eigenvalue weighted by Gasteiger charge is -2.20. The third-order valence-corrected chi connectivity index (χ3v) is 2.51. The fourth-order valence-electron chi connectivity index (χ4n) is 1.28. The first kappa shape index (κ1) is 16.0. The van der Waals surface area contributed by atoms with Gasteiger partial charge in [-0.3, -0.25) is 14.0 Å². The van der Waals surface area contributed by atoms with E-state index in [2.05, 4.69) is 4.52 Å². The Morgan fingerprint density at radius 3 is 1.88 bits per heavy atom. The van der Waals surface area contributed by atoms with E-state index < -0.39 is 8.25 Å². The minimum absolute atomic E-state index is 0.130. The lowest BCUT2D eigenvalue weighted by Crippen LogP contribution is -2.28. The van der Waals surface area contributed by atoms with Crippen LogP contribution < -0.4 is 0 Å². The molecule has 0 heterocycles. The summed E-state index contributed by atoms with van der Waals surface area (Å²) < 4.78 is 15.1. The minimum atomic E-state index is -2.88. The molecule has 98 valence electrons. The summed E-state index contributed by atoms with van der Waals surface area (Å²) in [6, 6.07) is 0. The second-order valence-electron chi connectivity index (χ2n) is 3.52. The van der Waals surface area contributed by atoms with Gasteiger partial charge in [-0.05, 0) is 25.7 Å². The predicted molar refractivity (Wildman–Crippen MR) is 61.4 cm³/mol. The summed E-state index contributed by atoms with van der Waals surface area (Å²) in [5, 5.41) is 17.3. The molecule has 0 rings (SSSR count). The molecule has 0 aromatic heterocycles. The van der Waals surface area contributed by atoms with Gasteiger partial charge in [0.25, 0.3) is 0 Å². The van der Waals surface area contributed by atoms with Crippen LogP contribution >= 0.6 is 8.25 Å². The van der Waals surface area contributed by atoms with E-state index in [-0.39, 0.29) is 19.9 Å². The molecule has 0 radical (unpaired) electrons. The van der Waals surface area contributed by atoms with Crippen molar-refractivity contribution >= 4 is 8.25 Å². The number of rotatable bonds is 11. The van der Waals surface area contributed by atoms with Crippen molar-refractivity contribution in [2.75, 3.05) is 33.0 Å². The second kappa shape index (κ2) is 11.5. The molecule has 0 aliphatic heterocycles. The topological polar surface area (TPSA) is 90.2 Å². The Labute approximate surface area is 96.8 Å². The number of hydrogen-bond acceptors (Lipinski definition) is 5. The van der Waals surface area contributed by atoms with Crippen molar-refractivity contribution in [2.45, 2.75) is 25.7 Å². The van der Waals surface area contributed by atoms with E-state index in [0.29, 0.717) is 12.8 Å². The largest absolute Gasteiger partial charge is 0.396 e. The van der Waals surface area contributed by atoms with E-state index in [1.807, 2.05) is 4.90 Å². The first-order chi connectivity index (χ1) is 7.70. The molecule has 7 heteroatoms. The highest BCUT2D eigenvalue weighted by Gasteiger charge is 2.05. The van der Waals surface area contributed by atoms with Gasteiger partial charge < -0.3 is 15.1 Å². The van der Waals surface area contributed by atoms with E-state index in [4.69, 9.17) is 15.1 Å². The Bertz CT molecular complexity index is 171. The number of hydrogen-bond donors (Lipinski definition) is 3. The van der Waals surface area contributed by atoms with Crippen molar-refractivity contribution in [3.8, 4) is 0 Å². The summed E-state index contributed by atoms with van der Waals surface area (Å²) in [7, 11) is -2.88. The monoisotopic (exact) mass is 255 g/mol. The van der Waals surface area contributed by atoms with Crippen molar-refractivity contribution < 1.29 is 24.2 Å². The third kappa shape index (κ3) is 10.5. The fourth-order valence-corrected chi connectivity index (χ4v) is 1.57. The molecule has 0 aromatic rings. The van der Waals surface area contributed by atoms with Gasteiger partial charge >= 0.3 is 8.25 Å². The van der Waals surface area contributed by atoms with Crippen LogP contribution in [0, 0.1) is 0 Å². The van der Waals surface area contributed by atoms with Gasteiger partial charge in [0, 0.05) is 26.3 Å². The molecule has 1 atom stereocenters. The number of unbranched alkanes of at least 4 members (excludes halogenated alkanes) is 2. The highest BCUT2D eigenvalue weighted by Crippen LogP contribution is 2.15. The minimum Gasteiger partial charge on any atom is -0.396 e. The molecule has 0 saturated carbocycles. The zero-order valence-corrected chi connectivity index (χ0v) is 10.5. The van der Waals surface area contributed by atoms with Gasteiger partial charge in [-0.25, -0.2) is 0 Å². The zero-order valence-electron chi connectivity index (χ0n) is 9.47. The lowest BCUT2D eigenvalue weighted by atomic mass is 10.2. The highest BCUT2D eigenvalue weighted by atomic mass is 31.1. The molecule has 0 fully saturated rings. The molecule has 0 aliphatic rings. The molecule has 0 spiro atoms. The van der Waals surface area contributed by atoms with E-state index in [0.717, 1.165) is 25.9 Å². The highest BCUT2D eigenvalue weighted by molar-refractivity contribution is 7.32. The molecule has 0 aliphatic carbocycles. The molecule has 0 bridgehead atoms. The molecular weight excluding hydrogens is 233 g/mol. The number of nitrogens with zero attached hydrogens (tertiary/aromatic N) is 1. The van der Waals surface area contributed by atoms with E-state index in [1.165, 1.54) is 0 Å². The van der Waals surface area contributed by atoms with Crippen LogP contribution in [-0.2, 0) is 9.09 Å². The molecule has 0 aromatic carbocycles. The predicted octanol–water partition coefficient (Wildman–Crippen LogP) is 0.189. The van der Waals surface area contributed by atoms with Crippen LogP contribution in [0.4, 0.5) is 0 Å². The average Bonchev–Trinajstić information content (AvgIpc) is 2.25. The maximum absolute atomic E-state index is 10.4. The van der Waals surface area contributed by atoms with E-state index in [1.54, 1.807) is 0 Å². The molecule has 0 saturated heterocycles. The lowest BCUT2D eigenvalue weighted by molar-refractivity contribution is 0.113. The van der Waals surface area contributed by atoms with Crippen LogP contribution in [0.1, 0.15) is 25.7 Å². The molecule has 3 N–H and O–H groups in total. The maximum Gasteiger partial charge on any atom is 0.317 e. The van der Waals surface area contributed by atoms with Crippen molar-refractivity contribution in [3.05, 3.63) is 0 Å². The Morgan fingerprint density at radius 2 is 1.50 bits per heavy atom. The summed E-state index contributed by atoms with van der Waals surface area (Å²) in [5.41, 5.74) is 0. The van der Waals surface area contributed by atoms with E-state index in [9.17, 15) is 4.57 Å². The van der Waals surface area contributed by atoms with Crippen LogP contribution in [0.25, 0.3) is 0 Å². The molecule has 6 nitrogen and oxygen atoms in total. The quantitative estimate of drug-likeness (QED) is 0.277. The standard InChI is InChI=1S/C9H22NO5P/c11-7-3-1-5-10(6-2-4-8-12)9-15-16(13)14/h11-12,16H,1-9H2,(H,13,14). The maximum atomic E-state index is 10.4. The van der Waals surface area contributed by atoms with Crippen LogP contribution in [0.2, 0.25) is 0 Å². The molecular formula is C9H22NO5P. The Hall–Kier alpha value is 0.0300. The zero-order chi connectivity index (χ0) is 12.2. The van der Waals surface area contributed by atoms with Crippen molar-refractivity contribution in [3.63, 3.8) is 0 Å². The van der Waals surface area contributed by atoms with Crippen LogP contribution in [0.5, 0.6) is 0 Å².